The zero-order valence-corrected chi connectivity index (χ0v) is 14.3. The average Bonchev–Trinajstić information content (AvgIpc) is 3.02. The Bertz CT molecular complexity index is 461. The second-order valence-electron chi connectivity index (χ2n) is 5.35. The smallest absolute Gasteiger partial charge is 0.308 e. The van der Waals surface area contributed by atoms with Crippen LogP contribution in [-0.2, 0) is 14.3 Å². The highest BCUT2D eigenvalue weighted by Crippen LogP contribution is 2.21. The first-order chi connectivity index (χ1) is 10.5. The molecule has 0 aromatic carbocycles. The Hall–Kier alpha value is -1.40. The van der Waals surface area contributed by atoms with Crippen LogP contribution in [0.25, 0.3) is 0 Å². The number of nitrogens with zero attached hydrogens (tertiary/aromatic N) is 1. The molecule has 1 amide bonds. The van der Waals surface area contributed by atoms with E-state index in [2.05, 4.69) is 0 Å². The van der Waals surface area contributed by atoms with E-state index in [-0.39, 0.29) is 18.4 Å². The zero-order valence-electron chi connectivity index (χ0n) is 13.4. The lowest BCUT2D eigenvalue weighted by Gasteiger charge is -2.27. The minimum Gasteiger partial charge on any atom is -0.481 e. The van der Waals surface area contributed by atoms with Crippen LogP contribution >= 0.6 is 11.3 Å². The number of aliphatic carboxylic acids is 1. The third-order valence-electron chi connectivity index (χ3n) is 3.56. The van der Waals surface area contributed by atoms with E-state index >= 15 is 0 Å². The van der Waals surface area contributed by atoms with E-state index in [1.54, 1.807) is 23.2 Å². The highest BCUT2D eigenvalue weighted by Gasteiger charge is 2.25. The maximum Gasteiger partial charge on any atom is 0.308 e. The third kappa shape index (κ3) is 5.77. The van der Waals surface area contributed by atoms with E-state index in [0.717, 1.165) is 5.56 Å². The lowest BCUT2D eigenvalue weighted by molar-refractivity contribution is -0.143. The van der Waals surface area contributed by atoms with Gasteiger partial charge in [-0.15, -0.1) is 0 Å². The summed E-state index contributed by atoms with van der Waals surface area (Å²) >= 11 is 1.56. The van der Waals surface area contributed by atoms with Crippen LogP contribution in [-0.4, -0.2) is 48.2 Å². The first kappa shape index (κ1) is 18.6. The number of carboxylic acid groups (broad SMARTS) is 1. The number of carbonyl (C=O) groups excluding carboxylic acids is 1. The van der Waals surface area contributed by atoms with E-state index in [1.807, 2.05) is 30.7 Å². The minimum absolute atomic E-state index is 0.0250. The first-order valence-electron chi connectivity index (χ1n) is 7.58. The van der Waals surface area contributed by atoms with Crippen molar-refractivity contribution in [2.45, 2.75) is 33.1 Å². The summed E-state index contributed by atoms with van der Waals surface area (Å²) in [4.78, 5) is 25.4. The van der Waals surface area contributed by atoms with Crippen molar-refractivity contribution in [1.82, 2.24) is 4.90 Å². The summed E-state index contributed by atoms with van der Waals surface area (Å²) < 4.78 is 5.30. The predicted molar refractivity (Wildman–Crippen MR) is 87.2 cm³/mol. The van der Waals surface area contributed by atoms with Gasteiger partial charge in [-0.3, -0.25) is 9.59 Å². The fourth-order valence-electron chi connectivity index (χ4n) is 2.14. The number of thiophene rings is 1. The summed E-state index contributed by atoms with van der Waals surface area (Å²) in [7, 11) is 0. The van der Waals surface area contributed by atoms with Crippen molar-refractivity contribution in [1.29, 1.82) is 0 Å². The molecule has 1 rings (SSSR count). The summed E-state index contributed by atoms with van der Waals surface area (Å²) in [5.74, 6) is -1.74. The summed E-state index contributed by atoms with van der Waals surface area (Å²) in [6, 6.07) is 1.94. The van der Waals surface area contributed by atoms with E-state index < -0.39 is 11.9 Å². The molecule has 22 heavy (non-hydrogen) atoms. The minimum atomic E-state index is -0.884. The quantitative estimate of drug-likeness (QED) is 0.671. The molecular weight excluding hydrogens is 302 g/mol. The van der Waals surface area contributed by atoms with Crippen molar-refractivity contribution in [2.24, 2.45) is 5.92 Å². The Morgan fingerprint density at radius 2 is 2.14 bits per heavy atom. The summed E-state index contributed by atoms with van der Waals surface area (Å²) in [5, 5.41) is 13.0. The van der Waals surface area contributed by atoms with Gasteiger partial charge in [-0.25, -0.2) is 0 Å². The lowest BCUT2D eigenvalue weighted by atomic mass is 10.0. The second kappa shape index (κ2) is 9.58. The van der Waals surface area contributed by atoms with Crippen molar-refractivity contribution in [2.75, 3.05) is 26.3 Å². The maximum atomic E-state index is 12.7. The normalized spacial score (nSPS) is 13.6. The number of ether oxygens (including phenoxy) is 1. The molecule has 5 nitrogen and oxygen atoms in total. The number of amides is 1. The van der Waals surface area contributed by atoms with Crippen LogP contribution in [0.15, 0.2) is 16.8 Å². The van der Waals surface area contributed by atoms with E-state index in [1.165, 1.54) is 0 Å². The van der Waals surface area contributed by atoms with Crippen LogP contribution in [0.5, 0.6) is 0 Å². The Balaban J connectivity index is 2.69. The van der Waals surface area contributed by atoms with Crippen LogP contribution in [0.2, 0.25) is 0 Å². The highest BCUT2D eigenvalue weighted by molar-refractivity contribution is 7.08. The lowest BCUT2D eigenvalue weighted by Crippen LogP contribution is -2.40. The number of carbonyl (C=O) groups is 2. The van der Waals surface area contributed by atoms with Crippen LogP contribution in [0.4, 0.5) is 0 Å². The van der Waals surface area contributed by atoms with E-state index in [4.69, 9.17) is 9.84 Å². The molecule has 6 heteroatoms. The molecule has 2 atom stereocenters. The Morgan fingerprint density at radius 3 is 2.68 bits per heavy atom. The average molecular weight is 327 g/mol. The topological polar surface area (TPSA) is 66.8 Å². The van der Waals surface area contributed by atoms with Gasteiger partial charge in [-0.1, -0.05) is 6.92 Å². The molecule has 1 aromatic rings. The summed E-state index contributed by atoms with van der Waals surface area (Å²) in [6.45, 7) is 7.39. The molecule has 0 aliphatic rings. The molecule has 1 aromatic heterocycles. The van der Waals surface area contributed by atoms with Gasteiger partial charge in [-0.2, -0.15) is 11.3 Å². The zero-order chi connectivity index (χ0) is 16.5. The van der Waals surface area contributed by atoms with Crippen LogP contribution < -0.4 is 0 Å². The van der Waals surface area contributed by atoms with E-state index in [0.29, 0.717) is 26.2 Å². The van der Waals surface area contributed by atoms with Gasteiger partial charge in [0.2, 0.25) is 5.91 Å². The van der Waals surface area contributed by atoms with Crippen LogP contribution in [0.3, 0.4) is 0 Å². The van der Waals surface area contributed by atoms with Gasteiger partial charge >= 0.3 is 5.97 Å². The number of hydrogen-bond donors (Lipinski definition) is 1. The number of rotatable bonds is 10. The van der Waals surface area contributed by atoms with Crippen molar-refractivity contribution in [3.05, 3.63) is 22.4 Å². The molecule has 1 heterocycles. The molecule has 0 bridgehead atoms. The molecule has 0 aliphatic carbocycles. The number of hydrogen-bond acceptors (Lipinski definition) is 4. The Morgan fingerprint density at radius 1 is 1.41 bits per heavy atom. The highest BCUT2D eigenvalue weighted by atomic mass is 32.1. The molecule has 0 radical (unpaired) electrons. The van der Waals surface area contributed by atoms with Gasteiger partial charge in [0, 0.05) is 26.3 Å². The fraction of sp³-hybridized carbons (Fsp3) is 0.625. The monoisotopic (exact) mass is 327 g/mol. The third-order valence-corrected chi connectivity index (χ3v) is 4.26. The molecule has 0 spiro atoms. The van der Waals surface area contributed by atoms with Crippen LogP contribution in [0.1, 0.15) is 38.7 Å². The van der Waals surface area contributed by atoms with Gasteiger partial charge in [0.15, 0.2) is 0 Å². The summed E-state index contributed by atoms with van der Waals surface area (Å²) in [5.41, 5.74) is 0.979. The molecule has 0 fully saturated rings. The fourth-order valence-corrected chi connectivity index (χ4v) is 2.89. The maximum absolute atomic E-state index is 12.7. The predicted octanol–water partition coefficient (Wildman–Crippen LogP) is 2.83. The molecule has 0 saturated heterocycles. The van der Waals surface area contributed by atoms with Crippen molar-refractivity contribution < 1.29 is 19.4 Å². The van der Waals surface area contributed by atoms with E-state index in [9.17, 15) is 9.59 Å². The molecule has 124 valence electrons. The van der Waals surface area contributed by atoms with Gasteiger partial charge in [0.1, 0.15) is 0 Å². The second-order valence-corrected chi connectivity index (χ2v) is 6.13. The van der Waals surface area contributed by atoms with Gasteiger partial charge in [-0.05, 0) is 42.7 Å². The number of carboxylic acids is 1. The SMILES string of the molecule is CCOCCCN(CC(C)C(=O)O)C(=O)C(C)c1ccsc1. The Labute approximate surface area is 135 Å². The largest absolute Gasteiger partial charge is 0.481 e. The van der Waals surface area contributed by atoms with Crippen molar-refractivity contribution in [3.8, 4) is 0 Å². The van der Waals surface area contributed by atoms with Gasteiger partial charge in [0.05, 0.1) is 11.8 Å². The van der Waals surface area contributed by atoms with Gasteiger partial charge in [0.25, 0.3) is 0 Å². The van der Waals surface area contributed by atoms with Crippen molar-refractivity contribution >= 4 is 23.2 Å². The standard InChI is InChI=1S/C16H25NO4S/c1-4-21-8-5-7-17(10-12(2)16(19)20)15(18)13(3)14-6-9-22-11-14/h6,9,11-13H,4-5,7-8,10H2,1-3H3,(H,19,20). The summed E-state index contributed by atoms with van der Waals surface area (Å²) in [6.07, 6.45) is 0.711. The van der Waals surface area contributed by atoms with Crippen molar-refractivity contribution in [3.63, 3.8) is 0 Å². The molecule has 2 unspecified atom stereocenters. The Kier molecular flexibility index (Phi) is 8.12. The molecular formula is C16H25NO4S. The molecule has 0 aliphatic heterocycles. The van der Waals surface area contributed by atoms with Crippen LogP contribution in [0, 0.1) is 5.92 Å². The van der Waals surface area contributed by atoms with Gasteiger partial charge < -0.3 is 14.7 Å². The molecule has 0 saturated carbocycles. The first-order valence-corrected chi connectivity index (χ1v) is 8.53. The molecule has 1 N–H and O–H groups in total.